The first-order valence-electron chi connectivity index (χ1n) is 4.80. The Labute approximate surface area is 89.4 Å². The number of carbonyl (C=O) groups is 1. The first kappa shape index (κ1) is 11.5. The molecule has 0 amide bonds. The molecule has 0 radical (unpaired) electrons. The molecule has 0 bridgehead atoms. The Morgan fingerprint density at radius 3 is 2.60 bits per heavy atom. The summed E-state index contributed by atoms with van der Waals surface area (Å²) in [5.74, 6) is -0.956. The molecule has 0 aromatic heterocycles. The summed E-state index contributed by atoms with van der Waals surface area (Å²) in [4.78, 5) is 10.5. The Hall–Kier alpha value is -1.61. The Bertz CT molecular complexity index is 346. The van der Waals surface area contributed by atoms with Crippen LogP contribution in [-0.4, -0.2) is 17.6 Å². The van der Waals surface area contributed by atoms with E-state index in [1.165, 1.54) is 0 Å². The number of benzene rings is 1. The quantitative estimate of drug-likeness (QED) is 0.722. The minimum Gasteiger partial charge on any atom is -0.478 e. The van der Waals surface area contributed by atoms with Crippen molar-refractivity contribution < 1.29 is 9.90 Å². The second kappa shape index (κ2) is 5.32. The van der Waals surface area contributed by atoms with Gasteiger partial charge in [-0.2, -0.15) is 0 Å². The molecule has 0 spiro atoms. The van der Waals surface area contributed by atoms with Gasteiger partial charge in [-0.1, -0.05) is 36.9 Å². The van der Waals surface area contributed by atoms with Crippen molar-refractivity contribution in [2.45, 2.75) is 13.0 Å². The van der Waals surface area contributed by atoms with Crippen LogP contribution in [-0.2, 0) is 4.79 Å². The highest BCUT2D eigenvalue weighted by atomic mass is 16.4. The summed E-state index contributed by atoms with van der Waals surface area (Å²) < 4.78 is 0. The second-order valence-electron chi connectivity index (χ2n) is 3.42. The minimum absolute atomic E-state index is 0.127. The fourth-order valence-corrected chi connectivity index (χ4v) is 1.21. The molecule has 2 N–H and O–H groups in total. The number of carboxylic acids is 1. The predicted molar refractivity (Wildman–Crippen MR) is 59.6 cm³/mol. The van der Waals surface area contributed by atoms with E-state index in [0.29, 0.717) is 6.54 Å². The molecule has 3 heteroatoms. The Morgan fingerprint density at radius 1 is 1.47 bits per heavy atom. The number of nitrogens with one attached hydrogen (secondary N) is 1. The number of carboxylic acid groups (broad SMARTS) is 1. The van der Waals surface area contributed by atoms with Gasteiger partial charge >= 0.3 is 5.97 Å². The smallest absolute Gasteiger partial charge is 0.332 e. The van der Waals surface area contributed by atoms with Gasteiger partial charge in [0.25, 0.3) is 0 Å². The molecule has 80 valence electrons. The molecule has 0 fully saturated rings. The molecule has 0 saturated heterocycles. The van der Waals surface area contributed by atoms with Gasteiger partial charge < -0.3 is 10.4 Å². The van der Waals surface area contributed by atoms with Crippen LogP contribution >= 0.6 is 0 Å². The van der Waals surface area contributed by atoms with E-state index in [1.807, 2.05) is 37.3 Å². The average molecular weight is 205 g/mol. The molecule has 15 heavy (non-hydrogen) atoms. The van der Waals surface area contributed by atoms with Crippen molar-refractivity contribution >= 4 is 5.97 Å². The molecule has 3 nitrogen and oxygen atoms in total. The summed E-state index contributed by atoms with van der Waals surface area (Å²) >= 11 is 0. The van der Waals surface area contributed by atoms with Crippen LogP contribution in [0.3, 0.4) is 0 Å². The SMILES string of the molecule is C=C(CNC(C)c1ccccc1)C(=O)O. The highest BCUT2D eigenvalue weighted by molar-refractivity contribution is 5.86. The predicted octanol–water partition coefficient (Wildman–Crippen LogP) is 1.98. The summed E-state index contributed by atoms with van der Waals surface area (Å²) in [6, 6.07) is 10.00. The zero-order chi connectivity index (χ0) is 11.3. The first-order valence-corrected chi connectivity index (χ1v) is 4.80. The lowest BCUT2D eigenvalue weighted by Crippen LogP contribution is -2.23. The van der Waals surface area contributed by atoms with Crippen LogP contribution in [0, 0.1) is 0 Å². The van der Waals surface area contributed by atoms with Crippen LogP contribution in [0.4, 0.5) is 0 Å². The molecule has 0 aliphatic heterocycles. The van der Waals surface area contributed by atoms with E-state index in [0.717, 1.165) is 5.56 Å². The normalized spacial score (nSPS) is 12.1. The van der Waals surface area contributed by atoms with Crippen LogP contribution in [0.2, 0.25) is 0 Å². The summed E-state index contributed by atoms with van der Waals surface area (Å²) in [7, 11) is 0. The maximum atomic E-state index is 10.5. The summed E-state index contributed by atoms with van der Waals surface area (Å²) in [6.45, 7) is 5.75. The second-order valence-corrected chi connectivity index (χ2v) is 3.42. The lowest BCUT2D eigenvalue weighted by Gasteiger charge is -2.13. The monoisotopic (exact) mass is 205 g/mol. The van der Waals surface area contributed by atoms with Crippen molar-refractivity contribution in [3.8, 4) is 0 Å². The third-order valence-corrected chi connectivity index (χ3v) is 2.22. The maximum absolute atomic E-state index is 10.5. The molecule has 1 rings (SSSR count). The van der Waals surface area contributed by atoms with Crippen molar-refractivity contribution in [1.29, 1.82) is 0 Å². The number of rotatable bonds is 5. The maximum Gasteiger partial charge on any atom is 0.332 e. The van der Waals surface area contributed by atoms with Gasteiger partial charge in [-0.3, -0.25) is 0 Å². The highest BCUT2D eigenvalue weighted by Gasteiger charge is 2.07. The van der Waals surface area contributed by atoms with Crippen molar-refractivity contribution in [3.05, 3.63) is 48.0 Å². The molecule has 0 aliphatic rings. The van der Waals surface area contributed by atoms with Crippen molar-refractivity contribution in [1.82, 2.24) is 5.32 Å². The molecule has 0 aliphatic carbocycles. The van der Waals surface area contributed by atoms with Crippen molar-refractivity contribution in [2.75, 3.05) is 6.54 Å². The van der Waals surface area contributed by atoms with Gasteiger partial charge in [-0.15, -0.1) is 0 Å². The van der Waals surface area contributed by atoms with E-state index in [2.05, 4.69) is 11.9 Å². The molecular weight excluding hydrogens is 190 g/mol. The lowest BCUT2D eigenvalue weighted by molar-refractivity contribution is -0.132. The number of aliphatic carboxylic acids is 1. The fraction of sp³-hybridized carbons (Fsp3) is 0.250. The Balaban J connectivity index is 2.47. The zero-order valence-corrected chi connectivity index (χ0v) is 8.73. The number of hydrogen-bond donors (Lipinski definition) is 2. The van der Waals surface area contributed by atoms with Crippen LogP contribution in [0.5, 0.6) is 0 Å². The first-order chi connectivity index (χ1) is 7.11. The molecule has 0 heterocycles. The molecule has 1 unspecified atom stereocenters. The number of hydrogen-bond acceptors (Lipinski definition) is 2. The summed E-state index contributed by atoms with van der Waals surface area (Å²) in [5, 5.41) is 11.7. The van der Waals surface area contributed by atoms with Crippen LogP contribution in [0.15, 0.2) is 42.5 Å². The van der Waals surface area contributed by atoms with Gasteiger partial charge in [-0.25, -0.2) is 4.79 Å². The van der Waals surface area contributed by atoms with E-state index in [9.17, 15) is 4.79 Å². The average Bonchev–Trinajstić information content (AvgIpc) is 2.26. The Kier molecular flexibility index (Phi) is 4.06. The van der Waals surface area contributed by atoms with E-state index < -0.39 is 5.97 Å². The van der Waals surface area contributed by atoms with E-state index in [4.69, 9.17) is 5.11 Å². The highest BCUT2D eigenvalue weighted by Crippen LogP contribution is 2.10. The summed E-state index contributed by atoms with van der Waals surface area (Å²) in [6.07, 6.45) is 0. The minimum atomic E-state index is -0.956. The van der Waals surface area contributed by atoms with Crippen molar-refractivity contribution in [2.24, 2.45) is 0 Å². The zero-order valence-electron chi connectivity index (χ0n) is 8.73. The van der Waals surface area contributed by atoms with Gasteiger partial charge in [0.1, 0.15) is 0 Å². The molecular formula is C12H15NO2. The van der Waals surface area contributed by atoms with Gasteiger partial charge in [0, 0.05) is 18.2 Å². The molecule has 0 saturated carbocycles. The van der Waals surface area contributed by atoms with Crippen LogP contribution in [0.25, 0.3) is 0 Å². The van der Waals surface area contributed by atoms with Crippen LogP contribution < -0.4 is 5.32 Å². The lowest BCUT2D eigenvalue weighted by atomic mass is 10.1. The van der Waals surface area contributed by atoms with Gasteiger partial charge in [0.15, 0.2) is 0 Å². The summed E-state index contributed by atoms with van der Waals surface area (Å²) in [5.41, 5.74) is 1.31. The molecule has 1 aromatic rings. The fourth-order valence-electron chi connectivity index (χ4n) is 1.21. The molecule has 1 aromatic carbocycles. The largest absolute Gasteiger partial charge is 0.478 e. The van der Waals surface area contributed by atoms with E-state index in [-0.39, 0.29) is 11.6 Å². The topological polar surface area (TPSA) is 49.3 Å². The van der Waals surface area contributed by atoms with E-state index >= 15 is 0 Å². The molecule has 1 atom stereocenters. The van der Waals surface area contributed by atoms with Crippen LogP contribution in [0.1, 0.15) is 18.5 Å². The standard InChI is InChI=1S/C12H15NO2/c1-9(12(14)15)8-13-10(2)11-6-4-3-5-7-11/h3-7,10,13H,1,8H2,2H3,(H,14,15). The van der Waals surface area contributed by atoms with Gasteiger partial charge in [-0.05, 0) is 12.5 Å². The third kappa shape index (κ3) is 3.56. The van der Waals surface area contributed by atoms with Gasteiger partial charge in [0.05, 0.1) is 0 Å². The van der Waals surface area contributed by atoms with E-state index in [1.54, 1.807) is 0 Å². The Morgan fingerprint density at radius 2 is 2.07 bits per heavy atom. The van der Waals surface area contributed by atoms with Gasteiger partial charge in [0.2, 0.25) is 0 Å². The van der Waals surface area contributed by atoms with Crippen molar-refractivity contribution in [3.63, 3.8) is 0 Å². The third-order valence-electron chi connectivity index (χ3n) is 2.22.